The Balaban J connectivity index is 1.30. The molecule has 7 heteroatoms. The number of carbonyl (C=O) groups is 4. The summed E-state index contributed by atoms with van der Waals surface area (Å²) in [6.07, 6.45) is 3.98. The maximum atomic E-state index is 15.2. The fourth-order valence-corrected chi connectivity index (χ4v) is 9.69. The average molecular weight is 690 g/mol. The van der Waals surface area contributed by atoms with E-state index < -0.39 is 35.0 Å². The highest BCUT2D eigenvalue weighted by molar-refractivity contribution is 6.32. The number of Topliss-reactive ketones (excluding diaryl/α,β-unsaturated/α-hetero) is 1. The average Bonchev–Trinajstić information content (AvgIpc) is 3.42. The van der Waals surface area contributed by atoms with Crippen molar-refractivity contribution < 1.29 is 24.3 Å². The molecule has 3 aliphatic carbocycles. The second-order valence-electron chi connectivity index (χ2n) is 14.0. The van der Waals surface area contributed by atoms with Gasteiger partial charge in [0.1, 0.15) is 5.75 Å². The molecule has 1 N–H and O–H groups in total. The second kappa shape index (κ2) is 11.7. The van der Waals surface area contributed by atoms with E-state index in [1.807, 2.05) is 103 Å². The lowest BCUT2D eigenvalue weighted by molar-refractivity contribution is -0.135. The first-order valence-electron chi connectivity index (χ1n) is 17.3. The third-order valence-corrected chi connectivity index (χ3v) is 12.0. The van der Waals surface area contributed by atoms with E-state index in [9.17, 15) is 14.7 Å². The van der Waals surface area contributed by atoms with Gasteiger partial charge in [0, 0.05) is 33.4 Å². The Morgan fingerprint density at radius 3 is 2.16 bits per heavy atom. The first-order valence-corrected chi connectivity index (χ1v) is 17.6. The molecule has 0 radical (unpaired) electrons. The Labute approximate surface area is 299 Å². The summed E-state index contributed by atoms with van der Waals surface area (Å²) in [5.41, 5.74) is 1.99. The van der Waals surface area contributed by atoms with E-state index in [1.54, 1.807) is 24.3 Å². The van der Waals surface area contributed by atoms with Gasteiger partial charge in [-0.3, -0.25) is 24.1 Å². The molecule has 250 valence electrons. The number of phenolic OH excluding ortho intramolecular Hbond substituents is 1. The number of aromatic hydroxyl groups is 1. The standard InChI is InChI=1S/C44H32ClNO5/c45-28-16-18-29(19-17-28)46-42(50)32-22-21-31-35(38(32)43(46)51)23-36-41(49)34(25-9-3-1-4-10-25)24-37(47)44(36,27-12-5-2-6-13-27)39(31)33-20-15-26-11-7-8-14-30(26)40(33)48/h1-21,24,32,35-36,38-39,48H,22-23H2. The number of rotatable bonds is 4. The van der Waals surface area contributed by atoms with Crippen LogP contribution in [-0.2, 0) is 24.6 Å². The highest BCUT2D eigenvalue weighted by atomic mass is 35.5. The zero-order chi connectivity index (χ0) is 35.0. The first-order chi connectivity index (χ1) is 24.8. The number of hydrogen-bond acceptors (Lipinski definition) is 5. The number of imide groups is 1. The molecule has 1 heterocycles. The minimum atomic E-state index is -1.42. The Morgan fingerprint density at radius 2 is 1.41 bits per heavy atom. The van der Waals surface area contributed by atoms with E-state index in [-0.39, 0.29) is 35.6 Å². The number of hydrogen-bond donors (Lipinski definition) is 1. The molecule has 6 unspecified atom stereocenters. The number of nitrogens with zero attached hydrogens (tertiary/aromatic N) is 1. The van der Waals surface area contributed by atoms with Crippen LogP contribution in [0.2, 0.25) is 5.02 Å². The van der Waals surface area contributed by atoms with Crippen LogP contribution >= 0.6 is 11.6 Å². The third-order valence-electron chi connectivity index (χ3n) is 11.7. The van der Waals surface area contributed by atoms with E-state index in [4.69, 9.17) is 11.6 Å². The Bertz CT molecular complexity index is 2350. The minimum absolute atomic E-state index is 0.0329. The van der Waals surface area contributed by atoms with E-state index in [0.717, 1.165) is 11.0 Å². The second-order valence-corrected chi connectivity index (χ2v) is 14.4. The van der Waals surface area contributed by atoms with Gasteiger partial charge in [-0.25, -0.2) is 0 Å². The summed E-state index contributed by atoms with van der Waals surface area (Å²) in [6.45, 7) is 0. The Kier molecular flexibility index (Phi) is 7.23. The number of phenols is 1. The number of ketones is 2. The number of benzene rings is 5. The molecule has 9 rings (SSSR count). The van der Waals surface area contributed by atoms with Crippen LogP contribution in [0.25, 0.3) is 16.3 Å². The van der Waals surface area contributed by atoms with Crippen molar-refractivity contribution in [3.63, 3.8) is 0 Å². The number of amides is 2. The van der Waals surface area contributed by atoms with Gasteiger partial charge in [-0.1, -0.05) is 120 Å². The van der Waals surface area contributed by atoms with Crippen molar-refractivity contribution >= 4 is 57.0 Å². The van der Waals surface area contributed by atoms with Gasteiger partial charge in [0.05, 0.1) is 22.9 Å². The number of carbonyl (C=O) groups excluding carboxylic acids is 4. The molecule has 5 aromatic carbocycles. The summed E-state index contributed by atoms with van der Waals surface area (Å²) in [6, 6.07) is 36.5. The summed E-state index contributed by atoms with van der Waals surface area (Å²) < 4.78 is 0. The fourth-order valence-electron chi connectivity index (χ4n) is 9.57. The predicted octanol–water partition coefficient (Wildman–Crippen LogP) is 8.23. The van der Waals surface area contributed by atoms with Crippen LogP contribution in [0.15, 0.2) is 139 Å². The molecule has 1 saturated carbocycles. The number of anilines is 1. The molecule has 2 fully saturated rings. The molecular weight excluding hydrogens is 658 g/mol. The van der Waals surface area contributed by atoms with Crippen molar-refractivity contribution in [3.8, 4) is 5.75 Å². The third kappa shape index (κ3) is 4.49. The Hall–Kier alpha value is -5.59. The number of halogens is 1. The summed E-state index contributed by atoms with van der Waals surface area (Å²) >= 11 is 6.16. The van der Waals surface area contributed by atoms with Gasteiger partial charge < -0.3 is 5.11 Å². The molecule has 4 aliphatic rings. The van der Waals surface area contributed by atoms with Crippen LogP contribution in [0.3, 0.4) is 0 Å². The monoisotopic (exact) mass is 689 g/mol. The molecule has 1 saturated heterocycles. The van der Waals surface area contributed by atoms with Crippen LogP contribution in [0.5, 0.6) is 5.75 Å². The maximum Gasteiger partial charge on any atom is 0.238 e. The number of fused-ring (bicyclic) bond motifs is 5. The van der Waals surface area contributed by atoms with Crippen molar-refractivity contribution in [2.24, 2.45) is 23.7 Å². The van der Waals surface area contributed by atoms with Crippen LogP contribution in [0.4, 0.5) is 5.69 Å². The van der Waals surface area contributed by atoms with Gasteiger partial charge in [0.25, 0.3) is 0 Å². The SMILES string of the molecule is O=C1C(c2ccccc2)=CC(=O)C2(c3ccccc3)C1CC1C(=CCC3C(=O)N(c4ccc(Cl)cc4)C(=O)C31)C2c1ccc2ccccc2c1O. The van der Waals surface area contributed by atoms with Crippen molar-refractivity contribution in [1.29, 1.82) is 0 Å². The van der Waals surface area contributed by atoms with Crippen molar-refractivity contribution in [1.82, 2.24) is 0 Å². The summed E-state index contributed by atoms with van der Waals surface area (Å²) in [5.74, 6) is -4.61. The summed E-state index contributed by atoms with van der Waals surface area (Å²) in [5, 5.41) is 14.1. The van der Waals surface area contributed by atoms with E-state index >= 15 is 9.59 Å². The fraction of sp³-hybridized carbons (Fsp3) is 0.182. The highest BCUT2D eigenvalue weighted by Crippen LogP contribution is 2.64. The molecule has 0 bridgehead atoms. The van der Waals surface area contributed by atoms with E-state index in [1.165, 1.54) is 11.0 Å². The molecule has 2 amide bonds. The molecule has 6 atom stereocenters. The van der Waals surface area contributed by atoms with Gasteiger partial charge in [0.15, 0.2) is 11.6 Å². The largest absolute Gasteiger partial charge is 0.507 e. The van der Waals surface area contributed by atoms with Gasteiger partial charge in [-0.15, -0.1) is 0 Å². The first kappa shape index (κ1) is 31.4. The quantitative estimate of drug-likeness (QED) is 0.152. The summed E-state index contributed by atoms with van der Waals surface area (Å²) in [7, 11) is 0. The van der Waals surface area contributed by atoms with Gasteiger partial charge in [-0.05, 0) is 65.6 Å². The predicted molar refractivity (Wildman–Crippen MR) is 196 cm³/mol. The lowest BCUT2D eigenvalue weighted by Crippen LogP contribution is -2.58. The lowest BCUT2D eigenvalue weighted by Gasteiger charge is -2.55. The molecule has 5 aromatic rings. The normalized spacial score (nSPS) is 27.1. The number of allylic oxidation sites excluding steroid dienone is 4. The van der Waals surface area contributed by atoms with Crippen molar-refractivity contribution in [3.05, 3.63) is 161 Å². The van der Waals surface area contributed by atoms with Gasteiger partial charge in [0.2, 0.25) is 11.8 Å². The van der Waals surface area contributed by atoms with E-state index in [0.29, 0.717) is 44.8 Å². The van der Waals surface area contributed by atoms with Crippen LogP contribution in [0, 0.1) is 23.7 Å². The lowest BCUT2D eigenvalue weighted by atomic mass is 9.44. The van der Waals surface area contributed by atoms with Gasteiger partial charge in [-0.2, -0.15) is 0 Å². The van der Waals surface area contributed by atoms with Crippen LogP contribution in [0.1, 0.15) is 35.4 Å². The van der Waals surface area contributed by atoms with Crippen LogP contribution in [-0.4, -0.2) is 28.5 Å². The Morgan fingerprint density at radius 1 is 0.725 bits per heavy atom. The molecule has 6 nitrogen and oxygen atoms in total. The minimum Gasteiger partial charge on any atom is -0.507 e. The zero-order valence-electron chi connectivity index (χ0n) is 27.4. The summed E-state index contributed by atoms with van der Waals surface area (Å²) in [4.78, 5) is 60.2. The van der Waals surface area contributed by atoms with E-state index in [2.05, 4.69) is 0 Å². The highest BCUT2D eigenvalue weighted by Gasteiger charge is 2.66. The van der Waals surface area contributed by atoms with Crippen LogP contribution < -0.4 is 4.90 Å². The topological polar surface area (TPSA) is 91.8 Å². The smallest absolute Gasteiger partial charge is 0.238 e. The zero-order valence-corrected chi connectivity index (χ0v) is 28.2. The van der Waals surface area contributed by atoms with Crippen molar-refractivity contribution in [2.45, 2.75) is 24.2 Å². The molecule has 1 aliphatic heterocycles. The van der Waals surface area contributed by atoms with Crippen molar-refractivity contribution in [2.75, 3.05) is 4.90 Å². The molecule has 0 spiro atoms. The molecule has 0 aromatic heterocycles. The molecule has 51 heavy (non-hydrogen) atoms. The maximum absolute atomic E-state index is 15.2. The van der Waals surface area contributed by atoms with Gasteiger partial charge >= 0.3 is 0 Å². The molecular formula is C44H32ClNO5.